The largest absolute Gasteiger partial charge is 0.512 e. The van der Waals surface area contributed by atoms with Crippen LogP contribution in [0.1, 0.15) is 42.5 Å². The van der Waals surface area contributed by atoms with E-state index in [9.17, 15) is 14.7 Å². The summed E-state index contributed by atoms with van der Waals surface area (Å²) in [6.45, 7) is 6.01. The van der Waals surface area contributed by atoms with Crippen molar-refractivity contribution < 1.29 is 19.1 Å². The quantitative estimate of drug-likeness (QED) is 0.466. The predicted molar refractivity (Wildman–Crippen MR) is 93.6 cm³/mol. The second-order valence-electron chi connectivity index (χ2n) is 5.70. The van der Waals surface area contributed by atoms with E-state index in [4.69, 9.17) is 16.0 Å². The fourth-order valence-corrected chi connectivity index (χ4v) is 2.87. The van der Waals surface area contributed by atoms with Gasteiger partial charge in [0.15, 0.2) is 11.6 Å². The molecule has 1 aromatic heterocycles. The van der Waals surface area contributed by atoms with Gasteiger partial charge in [-0.25, -0.2) is 0 Å². The number of carbonyl (C=O) groups excluding carboxylic acids is 2. The monoisotopic (exact) mass is 346 g/mol. The summed E-state index contributed by atoms with van der Waals surface area (Å²) in [5.74, 6) is 0.545. The summed E-state index contributed by atoms with van der Waals surface area (Å²) in [5, 5.41) is 10.4. The summed E-state index contributed by atoms with van der Waals surface area (Å²) in [5.41, 5.74) is 2.05. The van der Waals surface area contributed by atoms with Crippen LogP contribution in [0.4, 0.5) is 0 Å². The average molecular weight is 347 g/mol. The SMILES string of the molecule is CC(=O)/C(Cc1c(-c2ccc(Cl)cc2)oc(C)c1C(C)=O)=C(/C)O. The Morgan fingerprint density at radius 2 is 1.71 bits per heavy atom. The molecule has 1 heterocycles. The van der Waals surface area contributed by atoms with Crippen LogP contribution in [0.5, 0.6) is 0 Å². The summed E-state index contributed by atoms with van der Waals surface area (Å²) in [6, 6.07) is 7.03. The molecule has 0 aliphatic heterocycles. The Bertz CT molecular complexity index is 822. The normalized spacial score (nSPS) is 12.0. The van der Waals surface area contributed by atoms with E-state index < -0.39 is 0 Å². The van der Waals surface area contributed by atoms with Crippen LogP contribution in [0.3, 0.4) is 0 Å². The number of aliphatic hydroxyl groups is 1. The zero-order chi connectivity index (χ0) is 18.0. The van der Waals surface area contributed by atoms with Gasteiger partial charge in [-0.2, -0.15) is 0 Å². The number of hydrogen-bond acceptors (Lipinski definition) is 4. The summed E-state index contributed by atoms with van der Waals surface area (Å²) in [7, 11) is 0. The van der Waals surface area contributed by atoms with E-state index in [0.29, 0.717) is 27.7 Å². The van der Waals surface area contributed by atoms with E-state index in [1.54, 1.807) is 31.2 Å². The number of halogens is 1. The first-order valence-corrected chi connectivity index (χ1v) is 7.89. The van der Waals surface area contributed by atoms with Gasteiger partial charge in [-0.1, -0.05) is 11.6 Å². The van der Waals surface area contributed by atoms with Crippen LogP contribution in [0.15, 0.2) is 40.0 Å². The number of Topliss-reactive ketones (excluding diaryl/α,β-unsaturated/α-hetero) is 2. The first kappa shape index (κ1) is 18.0. The fraction of sp³-hybridized carbons (Fsp3) is 0.263. The van der Waals surface area contributed by atoms with Crippen molar-refractivity contribution in [2.24, 2.45) is 0 Å². The first-order chi connectivity index (χ1) is 11.2. The standard InChI is InChI=1S/C19H19ClO4/c1-10(21)16(11(2)22)9-17-18(12(3)23)13(4)24-19(17)14-5-7-15(20)8-6-14/h5-8,21H,9H2,1-4H3/b16-10-. The molecule has 1 N–H and O–H groups in total. The summed E-state index contributed by atoms with van der Waals surface area (Å²) in [4.78, 5) is 23.9. The highest BCUT2D eigenvalue weighted by atomic mass is 35.5. The maximum absolute atomic E-state index is 12.1. The lowest BCUT2D eigenvalue weighted by atomic mass is 9.94. The molecule has 0 spiro atoms. The molecule has 126 valence electrons. The molecule has 0 aliphatic rings. The van der Waals surface area contributed by atoms with Gasteiger partial charge in [0.1, 0.15) is 11.5 Å². The number of aryl methyl sites for hydroxylation is 1. The van der Waals surface area contributed by atoms with Gasteiger partial charge < -0.3 is 9.52 Å². The molecular formula is C19H19ClO4. The third kappa shape index (κ3) is 3.60. The molecule has 0 fully saturated rings. The lowest BCUT2D eigenvalue weighted by Crippen LogP contribution is -2.07. The minimum absolute atomic E-state index is 0.0575. The lowest BCUT2D eigenvalue weighted by Gasteiger charge is -2.08. The molecule has 0 saturated heterocycles. The van der Waals surface area contributed by atoms with Crippen molar-refractivity contribution in [3.8, 4) is 11.3 Å². The van der Waals surface area contributed by atoms with Gasteiger partial charge >= 0.3 is 0 Å². The van der Waals surface area contributed by atoms with Crippen molar-refractivity contribution in [2.45, 2.75) is 34.1 Å². The number of rotatable bonds is 5. The molecule has 4 nitrogen and oxygen atoms in total. The van der Waals surface area contributed by atoms with Crippen LogP contribution in [0.25, 0.3) is 11.3 Å². The van der Waals surface area contributed by atoms with Crippen LogP contribution in [-0.4, -0.2) is 16.7 Å². The van der Waals surface area contributed by atoms with Crippen molar-refractivity contribution in [3.63, 3.8) is 0 Å². The van der Waals surface area contributed by atoms with Gasteiger partial charge in [-0.3, -0.25) is 9.59 Å². The Morgan fingerprint density at radius 1 is 1.12 bits per heavy atom. The van der Waals surface area contributed by atoms with E-state index in [1.807, 2.05) is 0 Å². The van der Waals surface area contributed by atoms with Crippen molar-refractivity contribution in [1.29, 1.82) is 0 Å². The lowest BCUT2D eigenvalue weighted by molar-refractivity contribution is -0.113. The number of hydrogen-bond donors (Lipinski definition) is 1. The first-order valence-electron chi connectivity index (χ1n) is 7.51. The van der Waals surface area contributed by atoms with Crippen molar-refractivity contribution in [3.05, 3.63) is 57.5 Å². The number of aliphatic hydroxyl groups excluding tert-OH is 1. The summed E-state index contributed by atoms with van der Waals surface area (Å²) < 4.78 is 5.81. The molecule has 0 radical (unpaired) electrons. The third-order valence-electron chi connectivity index (χ3n) is 3.86. The van der Waals surface area contributed by atoms with Gasteiger partial charge in [0.2, 0.25) is 0 Å². The van der Waals surface area contributed by atoms with Gasteiger partial charge in [-0.15, -0.1) is 0 Å². The number of benzene rings is 1. The van der Waals surface area contributed by atoms with Crippen LogP contribution in [0.2, 0.25) is 5.02 Å². The Labute approximate surface area is 145 Å². The third-order valence-corrected chi connectivity index (χ3v) is 4.11. The maximum Gasteiger partial charge on any atom is 0.163 e. The summed E-state index contributed by atoms with van der Waals surface area (Å²) >= 11 is 5.92. The van der Waals surface area contributed by atoms with Crippen molar-refractivity contribution >= 4 is 23.2 Å². The highest BCUT2D eigenvalue weighted by molar-refractivity contribution is 6.30. The van der Waals surface area contributed by atoms with Gasteiger partial charge in [0.05, 0.1) is 11.3 Å². The van der Waals surface area contributed by atoms with E-state index in [0.717, 1.165) is 5.56 Å². The summed E-state index contributed by atoms with van der Waals surface area (Å²) in [6.07, 6.45) is 0.127. The Hall–Kier alpha value is -2.33. The Morgan fingerprint density at radius 3 is 2.17 bits per heavy atom. The van der Waals surface area contributed by atoms with Crippen molar-refractivity contribution in [2.75, 3.05) is 0 Å². The molecule has 1 aromatic carbocycles. The van der Waals surface area contributed by atoms with Crippen LogP contribution < -0.4 is 0 Å². The molecule has 2 rings (SSSR count). The second-order valence-corrected chi connectivity index (χ2v) is 6.14. The van der Waals surface area contributed by atoms with E-state index in [-0.39, 0.29) is 29.3 Å². The topological polar surface area (TPSA) is 67.5 Å². The van der Waals surface area contributed by atoms with Gasteiger partial charge in [0, 0.05) is 28.1 Å². The molecule has 5 heteroatoms. The van der Waals surface area contributed by atoms with Crippen LogP contribution >= 0.6 is 11.6 Å². The van der Waals surface area contributed by atoms with E-state index in [2.05, 4.69) is 0 Å². The smallest absolute Gasteiger partial charge is 0.163 e. The Balaban J connectivity index is 2.67. The average Bonchev–Trinajstić information content (AvgIpc) is 2.81. The van der Waals surface area contributed by atoms with Crippen LogP contribution in [-0.2, 0) is 11.2 Å². The zero-order valence-corrected chi connectivity index (χ0v) is 14.8. The maximum atomic E-state index is 12.1. The molecule has 0 saturated carbocycles. The molecule has 24 heavy (non-hydrogen) atoms. The highest BCUT2D eigenvalue weighted by Crippen LogP contribution is 2.34. The molecule has 2 aromatic rings. The predicted octanol–water partition coefficient (Wildman–Crippen LogP) is 5.07. The van der Waals surface area contributed by atoms with Crippen molar-refractivity contribution in [1.82, 2.24) is 0 Å². The minimum Gasteiger partial charge on any atom is -0.512 e. The number of furan rings is 1. The molecule has 0 aliphatic carbocycles. The molecule has 0 atom stereocenters. The molecule has 0 amide bonds. The molecule has 0 bridgehead atoms. The Kier molecular flexibility index (Phi) is 5.30. The number of ketones is 2. The minimum atomic E-state index is -0.245. The van der Waals surface area contributed by atoms with Gasteiger partial charge in [0.25, 0.3) is 0 Å². The number of carbonyl (C=O) groups is 2. The van der Waals surface area contributed by atoms with Crippen LogP contribution in [0, 0.1) is 6.92 Å². The molecular weight excluding hydrogens is 328 g/mol. The molecule has 0 unspecified atom stereocenters. The highest BCUT2D eigenvalue weighted by Gasteiger charge is 2.24. The van der Waals surface area contributed by atoms with E-state index >= 15 is 0 Å². The van der Waals surface area contributed by atoms with E-state index in [1.165, 1.54) is 20.8 Å². The fourth-order valence-electron chi connectivity index (χ4n) is 2.74. The zero-order valence-electron chi connectivity index (χ0n) is 14.1. The second kappa shape index (κ2) is 7.05. The van der Waals surface area contributed by atoms with Gasteiger partial charge in [-0.05, 0) is 52.0 Å². The number of allylic oxidation sites excluding steroid dienone is 2.